The zero-order chi connectivity index (χ0) is 13.6. The summed E-state index contributed by atoms with van der Waals surface area (Å²) in [7, 11) is 0. The molecular weight excluding hydrogens is 271 g/mol. The van der Waals surface area contributed by atoms with Gasteiger partial charge in [-0.3, -0.25) is 4.99 Å². The lowest BCUT2D eigenvalue weighted by atomic mass is 9.96. The molecular formula is C12H19FN2O3S. The Morgan fingerprint density at radius 3 is 2.68 bits per heavy atom. The summed E-state index contributed by atoms with van der Waals surface area (Å²) in [6.07, 6.45) is -2.28. The van der Waals surface area contributed by atoms with Crippen LogP contribution in [0.4, 0.5) is 4.39 Å². The van der Waals surface area contributed by atoms with Crippen LogP contribution in [-0.2, 0) is 4.74 Å². The van der Waals surface area contributed by atoms with Crippen LogP contribution in [-0.4, -0.2) is 69.3 Å². The van der Waals surface area contributed by atoms with Crippen molar-refractivity contribution in [3.8, 4) is 0 Å². The molecule has 0 radical (unpaired) electrons. The maximum Gasteiger partial charge on any atom is 0.162 e. The molecule has 6 unspecified atom stereocenters. The van der Waals surface area contributed by atoms with Gasteiger partial charge in [-0.25, -0.2) is 4.39 Å². The Balaban J connectivity index is 1.75. The van der Waals surface area contributed by atoms with Crippen LogP contribution >= 0.6 is 11.8 Å². The Labute approximate surface area is 115 Å². The number of nitrogens with zero attached hydrogens (tertiary/aromatic N) is 2. The fourth-order valence-electron chi connectivity index (χ4n) is 2.81. The molecule has 0 bridgehead atoms. The molecule has 2 fully saturated rings. The summed E-state index contributed by atoms with van der Waals surface area (Å²) in [4.78, 5) is 6.63. The Morgan fingerprint density at radius 2 is 2.05 bits per heavy atom. The van der Waals surface area contributed by atoms with Crippen LogP contribution < -0.4 is 0 Å². The van der Waals surface area contributed by atoms with Crippen molar-refractivity contribution in [2.45, 2.75) is 55.7 Å². The lowest BCUT2D eigenvalue weighted by Gasteiger charge is -2.38. The molecule has 19 heavy (non-hydrogen) atoms. The number of rotatable bonds is 1. The van der Waals surface area contributed by atoms with E-state index in [1.165, 1.54) is 18.7 Å². The number of halogens is 1. The van der Waals surface area contributed by atoms with Gasteiger partial charge in [-0.2, -0.15) is 0 Å². The first-order chi connectivity index (χ1) is 9.08. The molecule has 0 aromatic heterocycles. The molecule has 7 heteroatoms. The summed E-state index contributed by atoms with van der Waals surface area (Å²) in [6.45, 7) is 3.27. The van der Waals surface area contributed by atoms with Gasteiger partial charge in [-0.05, 0) is 19.8 Å². The summed E-state index contributed by atoms with van der Waals surface area (Å²) in [5, 5.41) is 20.8. The number of aliphatic imine (C=N–C) groups is 1. The molecule has 0 aromatic rings. The van der Waals surface area contributed by atoms with E-state index in [9.17, 15) is 14.6 Å². The predicted octanol–water partition coefficient (Wildman–Crippen LogP) is 0.358. The first kappa shape index (κ1) is 13.6. The number of aliphatic hydroxyl groups excluding tert-OH is 2. The minimum atomic E-state index is -1.32. The van der Waals surface area contributed by atoms with Gasteiger partial charge >= 0.3 is 0 Å². The van der Waals surface area contributed by atoms with Gasteiger partial charge in [0.25, 0.3) is 0 Å². The molecule has 0 aliphatic carbocycles. The highest BCUT2D eigenvalue weighted by Crippen LogP contribution is 2.39. The normalized spacial score (nSPS) is 44.1. The molecule has 2 N–H and O–H groups in total. The van der Waals surface area contributed by atoms with E-state index in [1.54, 1.807) is 0 Å². The maximum atomic E-state index is 13.4. The van der Waals surface area contributed by atoms with Crippen molar-refractivity contribution in [3.63, 3.8) is 0 Å². The molecule has 0 amide bonds. The minimum absolute atomic E-state index is 0.391. The molecule has 3 heterocycles. The number of amidine groups is 1. The second-order valence-corrected chi connectivity index (χ2v) is 6.41. The SMILES string of the molecule is CC(F)C1OC2SC(N3CCCC3)=NC2C(O)C1O. The van der Waals surface area contributed by atoms with Gasteiger partial charge in [0.2, 0.25) is 0 Å². The minimum Gasteiger partial charge on any atom is -0.388 e. The highest BCUT2D eigenvalue weighted by atomic mass is 32.2. The smallest absolute Gasteiger partial charge is 0.162 e. The molecule has 0 spiro atoms. The lowest BCUT2D eigenvalue weighted by Crippen LogP contribution is -2.57. The summed E-state index contributed by atoms with van der Waals surface area (Å²) < 4.78 is 19.0. The van der Waals surface area contributed by atoms with Crippen molar-refractivity contribution >= 4 is 16.9 Å². The number of hydrogen-bond acceptors (Lipinski definition) is 6. The topological polar surface area (TPSA) is 65.3 Å². The molecule has 0 aromatic carbocycles. The average molecular weight is 290 g/mol. The standard InChI is InChI=1S/C12H19FN2O3S/c1-6(13)10-9(17)8(16)7-11(18-10)19-12(14-7)15-4-2-3-5-15/h6-11,16-17H,2-5H2,1H3. The summed E-state index contributed by atoms with van der Waals surface area (Å²) in [6, 6.07) is -0.495. The Hall–Kier alpha value is -0.370. The highest BCUT2D eigenvalue weighted by Gasteiger charge is 2.50. The van der Waals surface area contributed by atoms with E-state index in [2.05, 4.69) is 9.89 Å². The number of hydrogen-bond donors (Lipinski definition) is 2. The van der Waals surface area contributed by atoms with E-state index in [-0.39, 0.29) is 0 Å². The molecule has 3 rings (SSSR count). The van der Waals surface area contributed by atoms with Gasteiger partial charge in [0.05, 0.1) is 0 Å². The molecule has 3 aliphatic rings. The van der Waals surface area contributed by atoms with E-state index in [0.717, 1.165) is 31.1 Å². The van der Waals surface area contributed by atoms with Gasteiger partial charge in [0.15, 0.2) is 5.17 Å². The first-order valence-corrected chi connectivity index (χ1v) is 7.61. The number of aliphatic hydroxyl groups is 2. The summed E-state index contributed by atoms with van der Waals surface area (Å²) in [5.74, 6) is 0. The molecule has 5 nitrogen and oxygen atoms in total. The van der Waals surface area contributed by atoms with Crippen molar-refractivity contribution in [3.05, 3.63) is 0 Å². The fourth-order valence-corrected chi connectivity index (χ4v) is 4.08. The van der Waals surface area contributed by atoms with Crippen LogP contribution in [0.3, 0.4) is 0 Å². The van der Waals surface area contributed by atoms with Crippen LogP contribution in [0, 0.1) is 0 Å². The quantitative estimate of drug-likeness (QED) is 0.730. The summed E-state index contributed by atoms with van der Waals surface area (Å²) in [5.41, 5.74) is -0.391. The maximum absolute atomic E-state index is 13.4. The molecule has 2 saturated heterocycles. The van der Waals surface area contributed by atoms with Gasteiger partial charge in [0, 0.05) is 13.1 Å². The second kappa shape index (κ2) is 5.20. The number of thioether (sulfide) groups is 1. The summed E-state index contributed by atoms with van der Waals surface area (Å²) >= 11 is 1.43. The van der Waals surface area contributed by atoms with Crippen molar-refractivity contribution in [1.82, 2.24) is 4.90 Å². The van der Waals surface area contributed by atoms with Crippen LogP contribution in [0.1, 0.15) is 19.8 Å². The van der Waals surface area contributed by atoms with E-state index >= 15 is 0 Å². The highest BCUT2D eigenvalue weighted by molar-refractivity contribution is 8.14. The van der Waals surface area contributed by atoms with Gasteiger partial charge in [0.1, 0.15) is 36.0 Å². The molecule has 6 atom stereocenters. The molecule has 0 saturated carbocycles. The number of alkyl halides is 1. The van der Waals surface area contributed by atoms with Crippen molar-refractivity contribution in [1.29, 1.82) is 0 Å². The first-order valence-electron chi connectivity index (χ1n) is 6.73. The predicted molar refractivity (Wildman–Crippen MR) is 70.9 cm³/mol. The zero-order valence-corrected chi connectivity index (χ0v) is 11.6. The van der Waals surface area contributed by atoms with Crippen LogP contribution in [0.5, 0.6) is 0 Å². The van der Waals surface area contributed by atoms with E-state index in [1.807, 2.05) is 0 Å². The Bertz CT molecular complexity index is 376. The number of ether oxygens (including phenoxy) is 1. The largest absolute Gasteiger partial charge is 0.388 e. The third-order valence-corrected chi connectivity index (χ3v) is 5.11. The van der Waals surface area contributed by atoms with E-state index in [0.29, 0.717) is 0 Å². The average Bonchev–Trinajstić information content (AvgIpc) is 3.01. The van der Waals surface area contributed by atoms with Crippen molar-refractivity contribution in [2.75, 3.05) is 13.1 Å². The van der Waals surface area contributed by atoms with Crippen LogP contribution in [0.2, 0.25) is 0 Å². The molecule has 3 aliphatic heterocycles. The van der Waals surface area contributed by atoms with Gasteiger partial charge in [-0.15, -0.1) is 0 Å². The van der Waals surface area contributed by atoms with Crippen LogP contribution in [0.15, 0.2) is 4.99 Å². The second-order valence-electron chi connectivity index (χ2n) is 5.34. The fraction of sp³-hybridized carbons (Fsp3) is 0.917. The van der Waals surface area contributed by atoms with Gasteiger partial charge < -0.3 is 19.8 Å². The van der Waals surface area contributed by atoms with E-state index < -0.39 is 36.0 Å². The lowest BCUT2D eigenvalue weighted by molar-refractivity contribution is -0.170. The van der Waals surface area contributed by atoms with E-state index in [4.69, 9.17) is 4.74 Å². The number of likely N-dealkylation sites (tertiary alicyclic amines) is 1. The number of fused-ring (bicyclic) bond motifs is 1. The van der Waals surface area contributed by atoms with Crippen LogP contribution in [0.25, 0.3) is 0 Å². The third kappa shape index (κ3) is 2.37. The zero-order valence-electron chi connectivity index (χ0n) is 10.8. The van der Waals surface area contributed by atoms with Crippen molar-refractivity contribution < 1.29 is 19.3 Å². The van der Waals surface area contributed by atoms with Gasteiger partial charge in [-0.1, -0.05) is 11.8 Å². The Morgan fingerprint density at radius 1 is 1.37 bits per heavy atom. The van der Waals surface area contributed by atoms with Crippen molar-refractivity contribution in [2.24, 2.45) is 4.99 Å². The third-order valence-electron chi connectivity index (χ3n) is 3.92. The monoisotopic (exact) mass is 290 g/mol. The molecule has 108 valence electrons. The Kier molecular flexibility index (Phi) is 3.72.